The highest BCUT2D eigenvalue weighted by molar-refractivity contribution is 6.07. The second-order valence-corrected chi connectivity index (χ2v) is 3.55. The minimum absolute atomic E-state index is 0.0696. The number of carbonyl (C=O) groups is 1. The van der Waals surface area contributed by atoms with Crippen LogP contribution in [0, 0.1) is 10.1 Å². The fraction of sp³-hybridized carbons (Fsp3) is 0. The number of rotatable bonds is 3. The van der Waals surface area contributed by atoms with E-state index in [4.69, 9.17) is 5.73 Å². The van der Waals surface area contributed by atoms with E-state index < -0.39 is 10.8 Å². The van der Waals surface area contributed by atoms with Crippen molar-refractivity contribution in [1.82, 2.24) is 9.97 Å². The Bertz CT molecular complexity index is 629. The summed E-state index contributed by atoms with van der Waals surface area (Å²) in [6.45, 7) is 0. The molecule has 8 nitrogen and oxygen atoms in total. The molecule has 0 radical (unpaired) electrons. The number of carbonyl (C=O) groups excluding carboxylic acids is 1. The fourth-order valence-corrected chi connectivity index (χ4v) is 1.37. The molecule has 0 bridgehead atoms. The van der Waals surface area contributed by atoms with E-state index in [1.807, 2.05) is 0 Å². The van der Waals surface area contributed by atoms with Crippen molar-refractivity contribution in [1.29, 1.82) is 0 Å². The van der Waals surface area contributed by atoms with Crippen LogP contribution in [0.2, 0.25) is 0 Å². The topological polar surface area (TPSA) is 124 Å². The molecule has 0 aliphatic rings. The molecule has 0 spiro atoms. The van der Waals surface area contributed by atoms with E-state index in [1.54, 1.807) is 18.2 Å². The molecule has 2 heterocycles. The average Bonchev–Trinajstić information content (AvgIpc) is 2.40. The number of hydrogen-bond acceptors (Lipinski definition) is 6. The van der Waals surface area contributed by atoms with E-state index in [9.17, 15) is 14.9 Å². The van der Waals surface area contributed by atoms with Crippen LogP contribution in [0.4, 0.5) is 17.3 Å². The highest BCUT2D eigenvalue weighted by Gasteiger charge is 2.16. The zero-order valence-electron chi connectivity index (χ0n) is 9.61. The van der Waals surface area contributed by atoms with Gasteiger partial charge in [0.2, 0.25) is 0 Å². The van der Waals surface area contributed by atoms with Crippen molar-refractivity contribution in [3.63, 3.8) is 0 Å². The molecule has 96 valence electrons. The lowest BCUT2D eigenvalue weighted by Crippen LogP contribution is -2.16. The first-order chi connectivity index (χ1) is 9.08. The van der Waals surface area contributed by atoms with E-state index in [0.717, 1.165) is 12.3 Å². The maximum absolute atomic E-state index is 11.9. The highest BCUT2D eigenvalue weighted by atomic mass is 16.6. The van der Waals surface area contributed by atoms with Crippen molar-refractivity contribution >= 4 is 23.2 Å². The number of aromatic nitrogens is 2. The van der Waals surface area contributed by atoms with Crippen molar-refractivity contribution in [3.8, 4) is 0 Å². The van der Waals surface area contributed by atoms with E-state index in [-0.39, 0.29) is 17.1 Å². The SMILES string of the molecule is Nc1ncc([N+](=O)[O-])cc1C(=O)Nc1ccccn1. The van der Waals surface area contributed by atoms with Gasteiger partial charge < -0.3 is 11.1 Å². The first-order valence-electron chi connectivity index (χ1n) is 5.20. The van der Waals surface area contributed by atoms with Gasteiger partial charge in [-0.1, -0.05) is 6.07 Å². The van der Waals surface area contributed by atoms with Crippen molar-refractivity contribution in [2.45, 2.75) is 0 Å². The van der Waals surface area contributed by atoms with Gasteiger partial charge in [-0.2, -0.15) is 0 Å². The number of nitrogens with zero attached hydrogens (tertiary/aromatic N) is 3. The first-order valence-corrected chi connectivity index (χ1v) is 5.20. The monoisotopic (exact) mass is 259 g/mol. The van der Waals surface area contributed by atoms with Crippen LogP contribution in [0.15, 0.2) is 36.7 Å². The molecule has 2 aromatic rings. The molecule has 8 heteroatoms. The number of hydrogen-bond donors (Lipinski definition) is 2. The number of nitrogens with two attached hydrogens (primary N) is 1. The molecule has 0 aromatic carbocycles. The Kier molecular flexibility index (Phi) is 3.33. The summed E-state index contributed by atoms with van der Waals surface area (Å²) in [5.74, 6) is -0.371. The Balaban J connectivity index is 2.28. The molecule has 0 saturated heterocycles. The van der Waals surface area contributed by atoms with Gasteiger partial charge in [-0.05, 0) is 12.1 Å². The standard InChI is InChI=1S/C11H9N5O3/c12-10-8(5-7(6-14-10)16(18)19)11(17)15-9-3-1-2-4-13-9/h1-6H,(H2,12,14)(H,13,15,17). The number of amides is 1. The molecule has 1 amide bonds. The summed E-state index contributed by atoms with van der Waals surface area (Å²) in [6.07, 6.45) is 2.50. The van der Waals surface area contributed by atoms with Crippen LogP contribution in [0.5, 0.6) is 0 Å². The number of nitrogen functional groups attached to an aromatic ring is 1. The van der Waals surface area contributed by atoms with Gasteiger partial charge in [0.25, 0.3) is 11.6 Å². The largest absolute Gasteiger partial charge is 0.383 e. The van der Waals surface area contributed by atoms with Gasteiger partial charge >= 0.3 is 0 Å². The molecule has 0 atom stereocenters. The molecule has 2 aromatic heterocycles. The van der Waals surface area contributed by atoms with Gasteiger partial charge in [0.1, 0.15) is 17.8 Å². The lowest BCUT2D eigenvalue weighted by Gasteiger charge is -2.05. The summed E-state index contributed by atoms with van der Waals surface area (Å²) in [4.78, 5) is 29.4. The summed E-state index contributed by atoms with van der Waals surface area (Å²) < 4.78 is 0. The molecule has 0 saturated carbocycles. The lowest BCUT2D eigenvalue weighted by atomic mass is 10.2. The second-order valence-electron chi connectivity index (χ2n) is 3.55. The minimum Gasteiger partial charge on any atom is -0.383 e. The third kappa shape index (κ3) is 2.80. The van der Waals surface area contributed by atoms with Crippen molar-refractivity contribution in [2.75, 3.05) is 11.1 Å². The summed E-state index contributed by atoms with van der Waals surface area (Å²) >= 11 is 0. The van der Waals surface area contributed by atoms with Crippen LogP contribution in [0.3, 0.4) is 0 Å². The average molecular weight is 259 g/mol. The van der Waals surface area contributed by atoms with E-state index in [2.05, 4.69) is 15.3 Å². The second kappa shape index (κ2) is 5.08. The zero-order valence-corrected chi connectivity index (χ0v) is 9.61. The predicted octanol–water partition coefficient (Wildman–Crippen LogP) is 1.22. The van der Waals surface area contributed by atoms with Gasteiger partial charge in [-0.3, -0.25) is 14.9 Å². The third-order valence-electron chi connectivity index (χ3n) is 2.27. The molecule has 3 N–H and O–H groups in total. The minimum atomic E-state index is -0.649. The van der Waals surface area contributed by atoms with Gasteiger partial charge in [-0.25, -0.2) is 9.97 Å². The summed E-state index contributed by atoms with van der Waals surface area (Å²) in [5, 5.41) is 13.1. The van der Waals surface area contributed by atoms with Crippen LogP contribution in [0.1, 0.15) is 10.4 Å². The highest BCUT2D eigenvalue weighted by Crippen LogP contribution is 2.17. The van der Waals surface area contributed by atoms with E-state index in [0.29, 0.717) is 5.82 Å². The molecular formula is C11H9N5O3. The Hall–Kier alpha value is -3.03. The molecule has 0 unspecified atom stereocenters. The van der Waals surface area contributed by atoms with E-state index >= 15 is 0 Å². The number of nitrogens with one attached hydrogen (secondary N) is 1. The summed E-state index contributed by atoms with van der Waals surface area (Å²) in [7, 11) is 0. The molecule has 0 aliphatic heterocycles. The number of pyridine rings is 2. The predicted molar refractivity (Wildman–Crippen MR) is 67.5 cm³/mol. The van der Waals surface area contributed by atoms with Crippen LogP contribution < -0.4 is 11.1 Å². The summed E-state index contributed by atoms with van der Waals surface area (Å²) in [6, 6.07) is 6.04. The Morgan fingerprint density at radius 1 is 1.37 bits per heavy atom. The van der Waals surface area contributed by atoms with Crippen LogP contribution in [0.25, 0.3) is 0 Å². The summed E-state index contributed by atoms with van der Waals surface area (Å²) in [5.41, 5.74) is 5.15. The molecule has 0 fully saturated rings. The van der Waals surface area contributed by atoms with Crippen molar-refractivity contribution in [2.24, 2.45) is 0 Å². The van der Waals surface area contributed by atoms with Gasteiger partial charge in [0.05, 0.1) is 10.5 Å². The smallest absolute Gasteiger partial charge is 0.288 e. The first kappa shape index (κ1) is 12.4. The quantitative estimate of drug-likeness (QED) is 0.630. The normalized spacial score (nSPS) is 9.89. The Labute approximate surface area is 107 Å². The zero-order chi connectivity index (χ0) is 13.8. The maximum Gasteiger partial charge on any atom is 0.288 e. The molecule has 0 aliphatic carbocycles. The fourth-order valence-electron chi connectivity index (χ4n) is 1.37. The maximum atomic E-state index is 11.9. The number of nitro groups is 1. The number of anilines is 2. The van der Waals surface area contributed by atoms with Crippen LogP contribution in [-0.4, -0.2) is 20.8 Å². The van der Waals surface area contributed by atoms with Crippen LogP contribution in [-0.2, 0) is 0 Å². The Morgan fingerprint density at radius 3 is 2.79 bits per heavy atom. The van der Waals surface area contributed by atoms with Crippen LogP contribution >= 0.6 is 0 Å². The van der Waals surface area contributed by atoms with E-state index in [1.165, 1.54) is 6.20 Å². The third-order valence-corrected chi connectivity index (χ3v) is 2.27. The van der Waals surface area contributed by atoms with Gasteiger partial charge in [0, 0.05) is 12.3 Å². The van der Waals surface area contributed by atoms with Crippen molar-refractivity contribution < 1.29 is 9.72 Å². The van der Waals surface area contributed by atoms with Crippen molar-refractivity contribution in [3.05, 3.63) is 52.3 Å². The lowest BCUT2D eigenvalue weighted by molar-refractivity contribution is -0.385. The van der Waals surface area contributed by atoms with Gasteiger partial charge in [-0.15, -0.1) is 0 Å². The molecule has 19 heavy (non-hydrogen) atoms. The molecular weight excluding hydrogens is 250 g/mol. The molecule has 2 rings (SSSR count). The van der Waals surface area contributed by atoms with Gasteiger partial charge in [0.15, 0.2) is 0 Å². The Morgan fingerprint density at radius 2 is 2.16 bits per heavy atom.